The summed E-state index contributed by atoms with van der Waals surface area (Å²) >= 11 is 5.89. The van der Waals surface area contributed by atoms with Crippen LogP contribution in [0.5, 0.6) is 0 Å². The lowest BCUT2D eigenvalue weighted by molar-refractivity contribution is -0.114. The van der Waals surface area contributed by atoms with Crippen molar-refractivity contribution in [2.45, 2.75) is 6.92 Å². The Morgan fingerprint density at radius 2 is 1.53 bits per heavy atom. The summed E-state index contributed by atoms with van der Waals surface area (Å²) in [5.41, 5.74) is 8.52. The third kappa shape index (κ3) is 4.19. The molecule has 0 bridgehead atoms. The fraction of sp³-hybridized carbons (Fsp3) is 0.0714. The SMILES string of the molecule is CC(=O)Nc1cccc(NNc2cccc(Cl)c2)c1. The molecule has 2 aromatic carbocycles. The van der Waals surface area contributed by atoms with Crippen LogP contribution in [0.25, 0.3) is 0 Å². The molecule has 0 heterocycles. The Balaban J connectivity index is 2.01. The number of rotatable bonds is 4. The van der Waals surface area contributed by atoms with Gasteiger partial charge in [0.2, 0.25) is 5.91 Å². The smallest absolute Gasteiger partial charge is 0.221 e. The van der Waals surface area contributed by atoms with Gasteiger partial charge in [-0.25, -0.2) is 0 Å². The van der Waals surface area contributed by atoms with Gasteiger partial charge in [0.15, 0.2) is 0 Å². The number of hydrazine groups is 1. The minimum atomic E-state index is -0.0973. The first-order valence-electron chi connectivity index (χ1n) is 5.79. The molecular formula is C14H14ClN3O. The number of amides is 1. The molecule has 0 aromatic heterocycles. The number of hydrogen-bond donors (Lipinski definition) is 3. The van der Waals surface area contributed by atoms with E-state index in [4.69, 9.17) is 11.6 Å². The van der Waals surface area contributed by atoms with Gasteiger partial charge >= 0.3 is 0 Å². The fourth-order valence-corrected chi connectivity index (χ4v) is 1.78. The van der Waals surface area contributed by atoms with Crippen LogP contribution in [0.2, 0.25) is 5.02 Å². The van der Waals surface area contributed by atoms with Gasteiger partial charge in [-0.3, -0.25) is 4.79 Å². The van der Waals surface area contributed by atoms with E-state index in [-0.39, 0.29) is 5.91 Å². The van der Waals surface area contributed by atoms with Crippen LogP contribution in [0, 0.1) is 0 Å². The number of nitrogens with one attached hydrogen (secondary N) is 3. The Hall–Kier alpha value is -2.20. The maximum absolute atomic E-state index is 11.0. The molecule has 19 heavy (non-hydrogen) atoms. The van der Waals surface area contributed by atoms with Gasteiger partial charge in [0.05, 0.1) is 11.4 Å². The molecule has 3 N–H and O–H groups in total. The minimum absolute atomic E-state index is 0.0973. The fourth-order valence-electron chi connectivity index (χ4n) is 1.59. The predicted molar refractivity (Wildman–Crippen MR) is 79.4 cm³/mol. The zero-order valence-electron chi connectivity index (χ0n) is 10.4. The molecule has 0 saturated heterocycles. The average Bonchev–Trinajstić information content (AvgIpc) is 2.36. The van der Waals surface area contributed by atoms with Gasteiger partial charge < -0.3 is 16.2 Å². The van der Waals surface area contributed by atoms with Crippen LogP contribution in [0.4, 0.5) is 17.1 Å². The summed E-state index contributed by atoms with van der Waals surface area (Å²) in [6.07, 6.45) is 0. The molecule has 0 saturated carbocycles. The molecule has 0 aliphatic rings. The molecule has 0 aliphatic carbocycles. The number of carbonyl (C=O) groups excluding carboxylic acids is 1. The van der Waals surface area contributed by atoms with Crippen molar-refractivity contribution in [3.63, 3.8) is 0 Å². The van der Waals surface area contributed by atoms with Crippen molar-refractivity contribution in [3.8, 4) is 0 Å². The molecule has 0 atom stereocenters. The normalized spacial score (nSPS) is 9.79. The first-order valence-corrected chi connectivity index (χ1v) is 6.16. The van der Waals surface area contributed by atoms with E-state index in [9.17, 15) is 4.79 Å². The highest BCUT2D eigenvalue weighted by atomic mass is 35.5. The van der Waals surface area contributed by atoms with Crippen LogP contribution in [0.15, 0.2) is 48.5 Å². The molecule has 0 aliphatic heterocycles. The van der Waals surface area contributed by atoms with Gasteiger partial charge in [0.25, 0.3) is 0 Å². The summed E-state index contributed by atoms with van der Waals surface area (Å²) in [4.78, 5) is 11.0. The van der Waals surface area contributed by atoms with Crippen molar-refractivity contribution in [2.75, 3.05) is 16.2 Å². The zero-order valence-corrected chi connectivity index (χ0v) is 11.2. The van der Waals surface area contributed by atoms with Crippen LogP contribution < -0.4 is 16.2 Å². The lowest BCUT2D eigenvalue weighted by Crippen LogP contribution is -2.10. The molecule has 0 spiro atoms. The molecule has 1 amide bonds. The zero-order chi connectivity index (χ0) is 13.7. The average molecular weight is 276 g/mol. The van der Waals surface area contributed by atoms with Gasteiger partial charge in [-0.2, -0.15) is 0 Å². The summed E-state index contributed by atoms with van der Waals surface area (Å²) in [6, 6.07) is 14.8. The van der Waals surface area contributed by atoms with E-state index in [2.05, 4.69) is 16.2 Å². The summed E-state index contributed by atoms with van der Waals surface area (Å²) in [7, 11) is 0. The van der Waals surface area contributed by atoms with Gasteiger partial charge in [-0.15, -0.1) is 0 Å². The molecule has 2 rings (SSSR count). The summed E-state index contributed by atoms with van der Waals surface area (Å²) < 4.78 is 0. The molecule has 98 valence electrons. The molecule has 0 unspecified atom stereocenters. The Morgan fingerprint density at radius 1 is 0.947 bits per heavy atom. The van der Waals surface area contributed by atoms with E-state index in [1.807, 2.05) is 48.5 Å². The second-order valence-corrected chi connectivity index (χ2v) is 4.46. The topological polar surface area (TPSA) is 53.2 Å². The molecule has 5 heteroatoms. The molecule has 0 radical (unpaired) electrons. The van der Waals surface area contributed by atoms with Crippen LogP contribution in [0.1, 0.15) is 6.92 Å². The standard InChI is InChI=1S/C14H14ClN3O/c1-10(19)16-12-5-3-7-14(9-12)18-17-13-6-2-4-11(15)8-13/h2-9,17-18H,1H3,(H,16,19). The molecule has 0 fully saturated rings. The Kier molecular flexibility index (Phi) is 4.26. The lowest BCUT2D eigenvalue weighted by atomic mass is 10.3. The maximum Gasteiger partial charge on any atom is 0.221 e. The minimum Gasteiger partial charge on any atom is -0.326 e. The van der Waals surface area contributed by atoms with Crippen LogP contribution in [-0.2, 0) is 4.79 Å². The first-order chi connectivity index (χ1) is 9.13. The van der Waals surface area contributed by atoms with E-state index in [1.54, 1.807) is 0 Å². The van der Waals surface area contributed by atoms with E-state index in [0.717, 1.165) is 17.1 Å². The van der Waals surface area contributed by atoms with Crippen LogP contribution in [0.3, 0.4) is 0 Å². The quantitative estimate of drug-likeness (QED) is 0.745. The van der Waals surface area contributed by atoms with Gasteiger partial charge in [-0.05, 0) is 36.4 Å². The van der Waals surface area contributed by atoms with Crippen LogP contribution >= 0.6 is 11.6 Å². The monoisotopic (exact) mass is 275 g/mol. The second kappa shape index (κ2) is 6.11. The van der Waals surface area contributed by atoms with E-state index >= 15 is 0 Å². The summed E-state index contributed by atoms with van der Waals surface area (Å²) in [6.45, 7) is 1.48. The van der Waals surface area contributed by atoms with Gasteiger partial charge in [0, 0.05) is 17.6 Å². The summed E-state index contributed by atoms with van der Waals surface area (Å²) in [5.74, 6) is -0.0973. The van der Waals surface area contributed by atoms with Crippen molar-refractivity contribution in [3.05, 3.63) is 53.6 Å². The van der Waals surface area contributed by atoms with E-state index in [1.165, 1.54) is 6.92 Å². The van der Waals surface area contributed by atoms with Crippen molar-refractivity contribution >= 4 is 34.6 Å². The van der Waals surface area contributed by atoms with Crippen molar-refractivity contribution in [1.29, 1.82) is 0 Å². The number of hydrogen-bond acceptors (Lipinski definition) is 3. The van der Waals surface area contributed by atoms with E-state index in [0.29, 0.717) is 5.02 Å². The Morgan fingerprint density at radius 3 is 2.16 bits per heavy atom. The third-order valence-electron chi connectivity index (χ3n) is 2.36. The lowest BCUT2D eigenvalue weighted by Gasteiger charge is -2.11. The number of benzene rings is 2. The first kappa shape index (κ1) is 13.2. The van der Waals surface area contributed by atoms with Crippen molar-refractivity contribution in [1.82, 2.24) is 0 Å². The number of halogens is 1. The number of anilines is 3. The van der Waals surface area contributed by atoms with E-state index < -0.39 is 0 Å². The third-order valence-corrected chi connectivity index (χ3v) is 2.59. The molecule has 4 nitrogen and oxygen atoms in total. The molecular weight excluding hydrogens is 262 g/mol. The molecule has 2 aromatic rings. The highest BCUT2D eigenvalue weighted by Gasteiger charge is 1.98. The van der Waals surface area contributed by atoms with Crippen LogP contribution in [-0.4, -0.2) is 5.91 Å². The highest BCUT2D eigenvalue weighted by Crippen LogP contribution is 2.17. The largest absolute Gasteiger partial charge is 0.326 e. The van der Waals surface area contributed by atoms with Gasteiger partial charge in [0.1, 0.15) is 0 Å². The summed E-state index contributed by atoms with van der Waals surface area (Å²) in [5, 5.41) is 3.39. The Labute approximate surface area is 116 Å². The Bertz CT molecular complexity index is 586. The van der Waals surface area contributed by atoms with Crippen molar-refractivity contribution < 1.29 is 4.79 Å². The maximum atomic E-state index is 11.0. The number of carbonyl (C=O) groups is 1. The van der Waals surface area contributed by atoms with Gasteiger partial charge in [-0.1, -0.05) is 23.7 Å². The highest BCUT2D eigenvalue weighted by molar-refractivity contribution is 6.30. The predicted octanol–water partition coefficient (Wildman–Crippen LogP) is 3.74. The second-order valence-electron chi connectivity index (χ2n) is 4.02. The van der Waals surface area contributed by atoms with Crippen molar-refractivity contribution in [2.24, 2.45) is 0 Å².